The number of halogens is 1. The van der Waals surface area contributed by atoms with Crippen LogP contribution in [0.3, 0.4) is 0 Å². The third-order valence-corrected chi connectivity index (χ3v) is 4.27. The van der Waals surface area contributed by atoms with Crippen LogP contribution >= 0.6 is 24.0 Å². The Morgan fingerprint density at radius 2 is 1.76 bits per heavy atom. The molecule has 142 valence electrons. The lowest BCUT2D eigenvalue weighted by molar-refractivity contribution is 0.140. The molecule has 25 heavy (non-hydrogen) atoms. The molecule has 8 heteroatoms. The molecule has 1 saturated heterocycles. The second-order valence-corrected chi connectivity index (χ2v) is 5.74. The van der Waals surface area contributed by atoms with Crippen molar-refractivity contribution in [3.63, 3.8) is 0 Å². The van der Waals surface area contributed by atoms with Crippen LogP contribution in [-0.4, -0.2) is 75.8 Å². The standard InChI is InChI=1S/C17H29N5O2.HI/c1-4-21-9-11-22(12-10-21)8-7-19-17(18)20-14-5-6-15(23-2)16(13-14)24-3;/h5-6,13H,4,7-12H2,1-3H3,(H3,18,19,20);1H. The van der Waals surface area contributed by atoms with Gasteiger partial charge in [-0.3, -0.25) is 9.89 Å². The van der Waals surface area contributed by atoms with Gasteiger partial charge in [0.25, 0.3) is 0 Å². The SMILES string of the molecule is CCN1CCN(CCN=C(N)Nc2ccc(OC)c(OC)c2)CC1.I. The molecular weight excluding hydrogens is 433 g/mol. The molecule has 1 aromatic carbocycles. The van der Waals surface area contributed by atoms with Gasteiger partial charge in [0.15, 0.2) is 17.5 Å². The molecule has 1 aliphatic heterocycles. The van der Waals surface area contributed by atoms with E-state index in [-0.39, 0.29) is 24.0 Å². The maximum Gasteiger partial charge on any atom is 0.193 e. The molecule has 0 unspecified atom stereocenters. The number of anilines is 1. The summed E-state index contributed by atoms with van der Waals surface area (Å²) in [7, 11) is 3.22. The lowest BCUT2D eigenvalue weighted by Crippen LogP contribution is -2.46. The first-order valence-electron chi connectivity index (χ1n) is 8.40. The Morgan fingerprint density at radius 3 is 2.36 bits per heavy atom. The van der Waals surface area contributed by atoms with E-state index in [1.807, 2.05) is 18.2 Å². The lowest BCUT2D eigenvalue weighted by Gasteiger charge is -2.33. The maximum atomic E-state index is 5.97. The predicted molar refractivity (Wildman–Crippen MR) is 114 cm³/mol. The van der Waals surface area contributed by atoms with Crippen molar-refractivity contribution in [2.45, 2.75) is 6.92 Å². The van der Waals surface area contributed by atoms with Crippen LogP contribution in [0, 0.1) is 0 Å². The van der Waals surface area contributed by atoms with Crippen molar-refractivity contribution < 1.29 is 9.47 Å². The third kappa shape index (κ3) is 6.87. The molecule has 0 atom stereocenters. The number of nitrogens with zero attached hydrogens (tertiary/aromatic N) is 3. The third-order valence-electron chi connectivity index (χ3n) is 4.27. The van der Waals surface area contributed by atoms with Crippen molar-refractivity contribution in [3.05, 3.63) is 18.2 Å². The van der Waals surface area contributed by atoms with Crippen molar-refractivity contribution in [1.82, 2.24) is 9.80 Å². The first kappa shape index (κ1) is 21.8. The molecule has 0 aromatic heterocycles. The average Bonchev–Trinajstić information content (AvgIpc) is 2.62. The van der Waals surface area contributed by atoms with Gasteiger partial charge in [-0.25, -0.2) is 0 Å². The fourth-order valence-electron chi connectivity index (χ4n) is 2.74. The molecule has 1 aromatic rings. The first-order valence-corrected chi connectivity index (χ1v) is 8.40. The van der Waals surface area contributed by atoms with E-state index in [9.17, 15) is 0 Å². The summed E-state index contributed by atoms with van der Waals surface area (Å²) >= 11 is 0. The quantitative estimate of drug-likeness (QED) is 0.364. The minimum Gasteiger partial charge on any atom is -0.493 e. The number of ether oxygens (including phenoxy) is 2. The predicted octanol–water partition coefficient (Wildman–Crippen LogP) is 1.69. The maximum absolute atomic E-state index is 5.97. The molecule has 0 spiro atoms. The Balaban J connectivity index is 0.00000312. The number of hydrogen-bond acceptors (Lipinski definition) is 5. The van der Waals surface area contributed by atoms with Crippen LogP contribution in [0.5, 0.6) is 11.5 Å². The second kappa shape index (κ2) is 11.4. The van der Waals surface area contributed by atoms with Crippen LogP contribution in [0.25, 0.3) is 0 Å². The van der Waals surface area contributed by atoms with Crippen LogP contribution in [0.1, 0.15) is 6.92 Å². The van der Waals surface area contributed by atoms with E-state index in [1.54, 1.807) is 14.2 Å². The normalized spacial score (nSPS) is 16.2. The zero-order valence-electron chi connectivity index (χ0n) is 15.3. The van der Waals surface area contributed by atoms with Gasteiger partial charge >= 0.3 is 0 Å². The molecule has 0 bridgehead atoms. The van der Waals surface area contributed by atoms with Gasteiger partial charge in [-0.15, -0.1) is 24.0 Å². The zero-order valence-corrected chi connectivity index (χ0v) is 17.7. The van der Waals surface area contributed by atoms with E-state index in [2.05, 4.69) is 27.0 Å². The van der Waals surface area contributed by atoms with Crippen LogP contribution < -0.4 is 20.5 Å². The molecular formula is C17H30IN5O2. The molecule has 1 heterocycles. The van der Waals surface area contributed by atoms with Gasteiger partial charge in [0.05, 0.1) is 20.8 Å². The summed E-state index contributed by atoms with van der Waals surface area (Å²) in [5.74, 6) is 1.75. The van der Waals surface area contributed by atoms with E-state index in [0.29, 0.717) is 24.0 Å². The molecule has 0 radical (unpaired) electrons. The van der Waals surface area contributed by atoms with Gasteiger partial charge in [-0.1, -0.05) is 6.92 Å². The number of nitrogens with one attached hydrogen (secondary N) is 1. The number of hydrogen-bond donors (Lipinski definition) is 2. The van der Waals surface area contributed by atoms with E-state index in [0.717, 1.165) is 45.0 Å². The number of nitrogens with two attached hydrogens (primary N) is 1. The van der Waals surface area contributed by atoms with Gasteiger partial charge in [-0.05, 0) is 18.7 Å². The van der Waals surface area contributed by atoms with Crippen molar-refractivity contribution in [2.24, 2.45) is 10.7 Å². The topological polar surface area (TPSA) is 75.4 Å². The number of piperazine rings is 1. The Kier molecular flexibility index (Phi) is 9.91. The fourth-order valence-corrected chi connectivity index (χ4v) is 2.74. The van der Waals surface area contributed by atoms with Crippen molar-refractivity contribution in [1.29, 1.82) is 0 Å². The lowest BCUT2D eigenvalue weighted by atomic mass is 10.3. The van der Waals surface area contributed by atoms with E-state index in [4.69, 9.17) is 15.2 Å². The Bertz CT molecular complexity index is 548. The summed E-state index contributed by atoms with van der Waals surface area (Å²) < 4.78 is 10.5. The number of rotatable bonds is 7. The minimum atomic E-state index is 0. The molecule has 0 saturated carbocycles. The van der Waals surface area contributed by atoms with E-state index < -0.39 is 0 Å². The van der Waals surface area contributed by atoms with Gasteiger partial charge in [-0.2, -0.15) is 0 Å². The highest BCUT2D eigenvalue weighted by atomic mass is 127. The summed E-state index contributed by atoms with van der Waals surface area (Å²) in [5, 5.41) is 3.09. The van der Waals surface area contributed by atoms with Crippen LogP contribution in [0.15, 0.2) is 23.2 Å². The minimum absolute atomic E-state index is 0. The molecule has 0 aliphatic carbocycles. The average molecular weight is 463 g/mol. The van der Waals surface area contributed by atoms with Crippen LogP contribution in [0.2, 0.25) is 0 Å². The molecule has 7 nitrogen and oxygen atoms in total. The van der Waals surface area contributed by atoms with E-state index >= 15 is 0 Å². The second-order valence-electron chi connectivity index (χ2n) is 5.74. The Morgan fingerprint density at radius 1 is 1.12 bits per heavy atom. The molecule has 1 fully saturated rings. The van der Waals surface area contributed by atoms with Gasteiger partial charge in [0.2, 0.25) is 0 Å². The number of benzene rings is 1. The summed E-state index contributed by atoms with van der Waals surface area (Å²) in [6.45, 7) is 9.46. The van der Waals surface area contributed by atoms with Gasteiger partial charge < -0.3 is 25.4 Å². The highest BCUT2D eigenvalue weighted by molar-refractivity contribution is 14.0. The smallest absolute Gasteiger partial charge is 0.193 e. The largest absolute Gasteiger partial charge is 0.493 e. The summed E-state index contributed by atoms with van der Waals surface area (Å²) in [6, 6.07) is 5.56. The highest BCUT2D eigenvalue weighted by Crippen LogP contribution is 2.29. The monoisotopic (exact) mass is 463 g/mol. The van der Waals surface area contributed by atoms with Crippen LogP contribution in [0.4, 0.5) is 5.69 Å². The van der Waals surface area contributed by atoms with Crippen molar-refractivity contribution in [2.75, 3.05) is 65.3 Å². The highest BCUT2D eigenvalue weighted by Gasteiger charge is 2.14. The zero-order chi connectivity index (χ0) is 17.4. The Hall–Kier alpha value is -1.26. The number of likely N-dealkylation sites (N-methyl/N-ethyl adjacent to an activating group) is 1. The summed E-state index contributed by atoms with van der Waals surface area (Å²) in [6.07, 6.45) is 0. The first-order chi connectivity index (χ1) is 11.7. The molecule has 2 rings (SSSR count). The Labute approximate surface area is 167 Å². The summed E-state index contributed by atoms with van der Waals surface area (Å²) in [5.41, 5.74) is 6.79. The van der Waals surface area contributed by atoms with Crippen molar-refractivity contribution >= 4 is 35.6 Å². The molecule has 1 aliphatic rings. The van der Waals surface area contributed by atoms with E-state index in [1.165, 1.54) is 0 Å². The van der Waals surface area contributed by atoms with Gasteiger partial charge in [0.1, 0.15) is 0 Å². The number of aliphatic imine (C=N–C) groups is 1. The van der Waals surface area contributed by atoms with Crippen LogP contribution in [-0.2, 0) is 0 Å². The fraction of sp³-hybridized carbons (Fsp3) is 0.588. The number of guanidine groups is 1. The molecule has 3 N–H and O–H groups in total. The van der Waals surface area contributed by atoms with Crippen molar-refractivity contribution in [3.8, 4) is 11.5 Å². The van der Waals surface area contributed by atoms with Gasteiger partial charge in [0, 0.05) is 44.5 Å². The number of methoxy groups -OCH3 is 2. The molecule has 0 amide bonds. The summed E-state index contributed by atoms with van der Waals surface area (Å²) in [4.78, 5) is 9.30.